The predicted octanol–water partition coefficient (Wildman–Crippen LogP) is 2.96. The lowest BCUT2D eigenvalue weighted by Crippen LogP contribution is -2.41. The smallest absolute Gasteiger partial charge is 0.234 e. The lowest BCUT2D eigenvalue weighted by Gasteiger charge is -2.31. The van der Waals surface area contributed by atoms with Crippen molar-refractivity contribution in [3.8, 4) is 5.75 Å². The summed E-state index contributed by atoms with van der Waals surface area (Å²) >= 11 is 1.34. The number of carbonyl (C=O) groups excluding carboxylic acids is 2. The first-order valence-electron chi connectivity index (χ1n) is 10.5. The average Bonchev–Trinajstić information content (AvgIpc) is 2.82. The van der Waals surface area contributed by atoms with Crippen LogP contribution in [-0.4, -0.2) is 54.5 Å². The van der Waals surface area contributed by atoms with Gasteiger partial charge in [0.15, 0.2) is 5.82 Å². The second-order valence-corrected chi connectivity index (χ2v) is 8.35. The average molecular weight is 444 g/mol. The molecule has 2 aromatic rings. The summed E-state index contributed by atoms with van der Waals surface area (Å²) in [5, 5.41) is 15.1. The Kier molecular flexibility index (Phi) is 8.52. The van der Waals surface area contributed by atoms with Crippen LogP contribution in [0, 0.1) is 5.92 Å². The molecule has 0 atom stereocenters. The third-order valence-corrected chi connectivity index (χ3v) is 5.99. The number of nitrogens with one attached hydrogen (secondary N) is 2. The highest BCUT2D eigenvalue weighted by molar-refractivity contribution is 7.99. The highest BCUT2D eigenvalue weighted by Crippen LogP contribution is 2.23. The maximum Gasteiger partial charge on any atom is 0.234 e. The number of aromatic nitrogens is 2. The molecular weight excluding hydrogens is 414 g/mol. The number of rotatable bonds is 9. The van der Waals surface area contributed by atoms with Crippen molar-refractivity contribution in [2.24, 2.45) is 5.92 Å². The summed E-state index contributed by atoms with van der Waals surface area (Å²) in [5.41, 5.74) is 0.693. The second kappa shape index (κ2) is 11.5. The van der Waals surface area contributed by atoms with E-state index >= 15 is 0 Å². The van der Waals surface area contributed by atoms with Gasteiger partial charge < -0.3 is 20.3 Å². The van der Waals surface area contributed by atoms with E-state index in [4.69, 9.17) is 4.74 Å². The minimum Gasteiger partial charge on any atom is -0.497 e. The zero-order valence-electron chi connectivity index (χ0n) is 18.0. The van der Waals surface area contributed by atoms with E-state index in [1.807, 2.05) is 30.3 Å². The number of carbonyl (C=O) groups is 2. The molecular formula is C22H29N5O3S. The van der Waals surface area contributed by atoms with Crippen LogP contribution in [0.2, 0.25) is 0 Å². The minimum absolute atomic E-state index is 0.0775. The van der Waals surface area contributed by atoms with Crippen LogP contribution >= 0.6 is 11.8 Å². The van der Waals surface area contributed by atoms with Gasteiger partial charge in [-0.2, -0.15) is 0 Å². The third-order valence-electron chi connectivity index (χ3n) is 5.07. The number of anilines is 2. The molecule has 2 N–H and O–H groups in total. The summed E-state index contributed by atoms with van der Waals surface area (Å²) in [7, 11) is 1.59. The van der Waals surface area contributed by atoms with Crippen LogP contribution in [-0.2, 0) is 9.59 Å². The van der Waals surface area contributed by atoms with Gasteiger partial charge in [0.2, 0.25) is 11.8 Å². The Bertz CT molecular complexity index is 870. The van der Waals surface area contributed by atoms with Gasteiger partial charge in [0.1, 0.15) is 10.8 Å². The number of ether oxygens (including phenoxy) is 1. The minimum atomic E-state index is -0.118. The van der Waals surface area contributed by atoms with Gasteiger partial charge in [0.25, 0.3) is 0 Å². The maximum absolute atomic E-state index is 12.2. The first-order chi connectivity index (χ1) is 15.1. The first kappa shape index (κ1) is 22.9. The Morgan fingerprint density at radius 3 is 2.68 bits per heavy atom. The molecule has 0 bridgehead atoms. The van der Waals surface area contributed by atoms with Crippen molar-refractivity contribution in [2.75, 3.05) is 42.7 Å². The summed E-state index contributed by atoms with van der Waals surface area (Å²) in [6.45, 7) is 4.36. The fraction of sp³-hybridized carbons (Fsp3) is 0.455. The molecule has 1 saturated heterocycles. The zero-order chi connectivity index (χ0) is 22.1. The van der Waals surface area contributed by atoms with Gasteiger partial charge in [-0.15, -0.1) is 10.2 Å². The number of methoxy groups -OCH3 is 1. The van der Waals surface area contributed by atoms with E-state index in [1.54, 1.807) is 13.2 Å². The summed E-state index contributed by atoms with van der Waals surface area (Å²) in [6.07, 6.45) is 2.59. The Morgan fingerprint density at radius 2 is 2.00 bits per heavy atom. The molecule has 31 heavy (non-hydrogen) atoms. The quantitative estimate of drug-likeness (QED) is 0.575. The Morgan fingerprint density at radius 1 is 1.19 bits per heavy atom. The number of amides is 2. The third kappa shape index (κ3) is 6.85. The normalized spacial score (nSPS) is 14.2. The van der Waals surface area contributed by atoms with Crippen molar-refractivity contribution < 1.29 is 14.3 Å². The Labute approximate surface area is 187 Å². The van der Waals surface area contributed by atoms with E-state index in [-0.39, 0.29) is 23.5 Å². The van der Waals surface area contributed by atoms with Crippen molar-refractivity contribution in [3.63, 3.8) is 0 Å². The van der Waals surface area contributed by atoms with Crippen LogP contribution in [0.3, 0.4) is 0 Å². The highest BCUT2D eigenvalue weighted by Gasteiger charge is 2.25. The second-order valence-electron chi connectivity index (χ2n) is 7.35. The lowest BCUT2D eigenvalue weighted by atomic mass is 9.96. The first-order valence-corrected chi connectivity index (χ1v) is 11.5. The predicted molar refractivity (Wildman–Crippen MR) is 123 cm³/mol. The summed E-state index contributed by atoms with van der Waals surface area (Å²) in [5.74, 6) is 1.85. The maximum atomic E-state index is 12.2. The van der Waals surface area contributed by atoms with Crippen LogP contribution in [0.4, 0.5) is 11.5 Å². The van der Waals surface area contributed by atoms with Crippen molar-refractivity contribution in [1.82, 2.24) is 15.5 Å². The molecule has 0 saturated carbocycles. The van der Waals surface area contributed by atoms with E-state index in [9.17, 15) is 9.59 Å². The molecule has 1 aliphatic heterocycles. The largest absolute Gasteiger partial charge is 0.497 e. The fourth-order valence-corrected chi connectivity index (χ4v) is 3.97. The Hall–Kier alpha value is -2.81. The summed E-state index contributed by atoms with van der Waals surface area (Å²) in [4.78, 5) is 26.5. The molecule has 0 unspecified atom stereocenters. The van der Waals surface area contributed by atoms with Crippen LogP contribution < -0.4 is 20.3 Å². The molecule has 166 valence electrons. The molecule has 1 aliphatic rings. The summed E-state index contributed by atoms with van der Waals surface area (Å²) < 4.78 is 5.16. The molecule has 9 heteroatoms. The number of hydrogen-bond acceptors (Lipinski definition) is 7. The number of nitrogens with zero attached hydrogens (tertiary/aromatic N) is 3. The van der Waals surface area contributed by atoms with E-state index < -0.39 is 0 Å². The number of piperidine rings is 1. The van der Waals surface area contributed by atoms with Crippen molar-refractivity contribution in [1.29, 1.82) is 0 Å². The van der Waals surface area contributed by atoms with Gasteiger partial charge in [-0.3, -0.25) is 9.59 Å². The van der Waals surface area contributed by atoms with Gasteiger partial charge in [-0.05, 0) is 43.5 Å². The van der Waals surface area contributed by atoms with Gasteiger partial charge in [-0.25, -0.2) is 0 Å². The monoisotopic (exact) mass is 443 g/mol. The van der Waals surface area contributed by atoms with E-state index in [0.717, 1.165) is 44.7 Å². The number of hydrogen-bond donors (Lipinski definition) is 2. The molecule has 0 spiro atoms. The SMILES string of the molecule is CCCNC(=O)C1CCN(c2ccc(SCC(=O)Nc3cccc(OC)c3)nn2)CC1. The van der Waals surface area contributed by atoms with Crippen molar-refractivity contribution in [3.05, 3.63) is 36.4 Å². The molecule has 1 fully saturated rings. The van der Waals surface area contributed by atoms with Crippen LogP contribution in [0.25, 0.3) is 0 Å². The van der Waals surface area contributed by atoms with Gasteiger partial charge in [-0.1, -0.05) is 24.8 Å². The number of thioether (sulfide) groups is 1. The standard InChI is InChI=1S/C22H29N5O3S/c1-3-11-23-22(29)16-9-12-27(13-10-16)19-7-8-21(26-25-19)31-15-20(28)24-17-5-4-6-18(14-17)30-2/h4-8,14,16H,3,9-13,15H2,1-2H3,(H,23,29)(H,24,28). The van der Waals surface area contributed by atoms with Crippen LogP contribution in [0.15, 0.2) is 41.4 Å². The van der Waals surface area contributed by atoms with Crippen LogP contribution in [0.1, 0.15) is 26.2 Å². The molecule has 8 nitrogen and oxygen atoms in total. The Balaban J connectivity index is 1.44. The van der Waals surface area contributed by atoms with Gasteiger partial charge >= 0.3 is 0 Å². The van der Waals surface area contributed by atoms with Crippen LogP contribution in [0.5, 0.6) is 5.75 Å². The summed E-state index contributed by atoms with van der Waals surface area (Å²) in [6, 6.07) is 11.0. The van der Waals surface area contributed by atoms with Gasteiger partial charge in [0.05, 0.1) is 12.9 Å². The molecule has 1 aromatic heterocycles. The topological polar surface area (TPSA) is 96.5 Å². The molecule has 3 rings (SSSR count). The van der Waals surface area contributed by atoms with E-state index in [1.165, 1.54) is 11.8 Å². The zero-order valence-corrected chi connectivity index (χ0v) is 18.8. The molecule has 2 heterocycles. The van der Waals surface area contributed by atoms with Crippen molar-refractivity contribution in [2.45, 2.75) is 31.2 Å². The lowest BCUT2D eigenvalue weighted by molar-refractivity contribution is -0.125. The van der Waals surface area contributed by atoms with Gasteiger partial charge in [0, 0.05) is 37.3 Å². The molecule has 0 radical (unpaired) electrons. The fourth-order valence-electron chi connectivity index (χ4n) is 3.36. The van der Waals surface area contributed by atoms with Crippen molar-refractivity contribution >= 4 is 35.1 Å². The molecule has 2 amide bonds. The van der Waals surface area contributed by atoms with E-state index in [0.29, 0.717) is 16.5 Å². The molecule has 0 aliphatic carbocycles. The highest BCUT2D eigenvalue weighted by atomic mass is 32.2. The van der Waals surface area contributed by atoms with E-state index in [2.05, 4.69) is 32.7 Å². The molecule has 1 aromatic carbocycles. The number of benzene rings is 1.